The van der Waals surface area contributed by atoms with Gasteiger partial charge in [0.15, 0.2) is 6.10 Å². The Morgan fingerprint density at radius 3 is 1.53 bits per heavy atom. The van der Waals surface area contributed by atoms with Crippen LogP contribution in [0.1, 0.15) is 155 Å². The molecule has 0 aromatic heterocycles. The number of aliphatic hydroxyl groups is 2. The van der Waals surface area contributed by atoms with E-state index in [0.29, 0.717) is 12.8 Å². The molecule has 3 atom stereocenters. The van der Waals surface area contributed by atoms with Gasteiger partial charge in [-0.05, 0) is 83.5 Å². The summed E-state index contributed by atoms with van der Waals surface area (Å²) >= 11 is 0. The maximum atomic E-state index is 12.6. The summed E-state index contributed by atoms with van der Waals surface area (Å²) in [5.74, 6) is -1.01. The SMILES string of the molecule is CCC/C=C/C/C=C/C/C=C/C/C=C/CCCCCC(=O)O[C@H](COC(=O)CCCC/C=C/C/C=C/CCCCCCCC)COP(=O)(O)OC[C@@H](O)CO. The Bertz CT molecular complexity index is 1140. The molecule has 0 saturated carbocycles. The molecular formula is C44H75O10P. The summed E-state index contributed by atoms with van der Waals surface area (Å²) < 4.78 is 32.6. The van der Waals surface area contributed by atoms with Gasteiger partial charge >= 0.3 is 19.8 Å². The van der Waals surface area contributed by atoms with E-state index in [1.54, 1.807) is 0 Å². The van der Waals surface area contributed by atoms with Gasteiger partial charge in [-0.15, -0.1) is 0 Å². The number of carbonyl (C=O) groups is 2. The van der Waals surface area contributed by atoms with Crippen molar-refractivity contribution >= 4 is 19.8 Å². The maximum Gasteiger partial charge on any atom is 0.472 e. The van der Waals surface area contributed by atoms with Crippen molar-refractivity contribution in [3.63, 3.8) is 0 Å². The smallest absolute Gasteiger partial charge is 0.462 e. The molecule has 0 aliphatic heterocycles. The third-order valence-electron chi connectivity index (χ3n) is 8.31. The average Bonchev–Trinajstić information content (AvgIpc) is 3.17. The fourth-order valence-electron chi connectivity index (χ4n) is 5.07. The van der Waals surface area contributed by atoms with Crippen LogP contribution in [0, 0.1) is 0 Å². The van der Waals surface area contributed by atoms with E-state index in [9.17, 15) is 24.2 Å². The standard InChI is InChI=1S/C44H75O10P/c1-3-5-7-9-11-13-15-17-19-20-22-24-26-28-30-32-34-36-44(48)54-42(40-53-55(49,50)52-38-41(46)37-45)39-51-43(47)35-33-31-29-27-25-23-21-18-16-14-12-10-8-6-4-2/h7,9,13,15,18-21,24-27,41-42,45-46H,3-6,8,10-12,14,16-17,22-23,28-40H2,1-2H3,(H,49,50)/b9-7+,15-13+,20-19+,21-18+,26-24+,27-25+/t41-,42+/m0/s1. The van der Waals surface area contributed by atoms with E-state index in [1.165, 1.54) is 44.9 Å². The van der Waals surface area contributed by atoms with E-state index >= 15 is 0 Å². The molecule has 0 heterocycles. The first-order chi connectivity index (χ1) is 26.7. The van der Waals surface area contributed by atoms with Gasteiger partial charge in [-0.1, -0.05) is 132 Å². The molecule has 0 rings (SSSR count). The molecule has 0 fully saturated rings. The Kier molecular flexibility index (Phi) is 37.8. The number of esters is 2. The summed E-state index contributed by atoms with van der Waals surface area (Å²) in [6.07, 6.45) is 44.4. The maximum absolute atomic E-state index is 12.6. The molecule has 0 aliphatic rings. The topological polar surface area (TPSA) is 149 Å². The first-order valence-electron chi connectivity index (χ1n) is 20.9. The van der Waals surface area contributed by atoms with Crippen LogP contribution >= 0.6 is 7.82 Å². The first kappa shape index (κ1) is 52.4. The number of hydrogen-bond donors (Lipinski definition) is 3. The Labute approximate surface area is 333 Å². The zero-order valence-corrected chi connectivity index (χ0v) is 35.0. The largest absolute Gasteiger partial charge is 0.472 e. The van der Waals surface area contributed by atoms with Gasteiger partial charge < -0.3 is 24.6 Å². The Morgan fingerprint density at radius 2 is 0.982 bits per heavy atom. The van der Waals surface area contributed by atoms with Gasteiger partial charge in [0.1, 0.15) is 12.7 Å². The van der Waals surface area contributed by atoms with Gasteiger partial charge in [0.25, 0.3) is 0 Å². The number of unbranched alkanes of at least 4 members (excludes halogenated alkanes) is 12. The molecule has 0 amide bonds. The van der Waals surface area contributed by atoms with Gasteiger partial charge in [0.05, 0.1) is 19.8 Å². The fraction of sp³-hybridized carbons (Fsp3) is 0.682. The Balaban J connectivity index is 4.46. The molecular weight excluding hydrogens is 719 g/mol. The molecule has 55 heavy (non-hydrogen) atoms. The summed E-state index contributed by atoms with van der Waals surface area (Å²) in [6.45, 7) is 2.21. The van der Waals surface area contributed by atoms with E-state index < -0.39 is 51.8 Å². The minimum absolute atomic E-state index is 0.136. The summed E-state index contributed by atoms with van der Waals surface area (Å²) in [5, 5.41) is 18.3. The highest BCUT2D eigenvalue weighted by molar-refractivity contribution is 7.47. The third kappa shape index (κ3) is 39.4. The van der Waals surface area contributed by atoms with Gasteiger partial charge in [-0.25, -0.2) is 4.57 Å². The van der Waals surface area contributed by atoms with E-state index in [2.05, 4.69) is 91.3 Å². The minimum Gasteiger partial charge on any atom is -0.462 e. The molecule has 3 N–H and O–H groups in total. The van der Waals surface area contributed by atoms with Gasteiger partial charge in [-0.2, -0.15) is 0 Å². The van der Waals surface area contributed by atoms with Crippen molar-refractivity contribution in [1.29, 1.82) is 0 Å². The Hall–Kier alpha value is -2.59. The van der Waals surface area contributed by atoms with E-state index in [0.717, 1.165) is 70.6 Å². The molecule has 10 nitrogen and oxygen atoms in total. The molecule has 0 aromatic carbocycles. The lowest BCUT2D eigenvalue weighted by Crippen LogP contribution is -2.29. The molecule has 0 saturated heterocycles. The molecule has 1 unspecified atom stereocenters. The second-order valence-corrected chi connectivity index (χ2v) is 15.1. The van der Waals surface area contributed by atoms with Crippen molar-refractivity contribution in [3.8, 4) is 0 Å². The van der Waals surface area contributed by atoms with Gasteiger partial charge in [0.2, 0.25) is 0 Å². The summed E-state index contributed by atoms with van der Waals surface area (Å²) in [7, 11) is -4.64. The van der Waals surface area contributed by atoms with E-state index in [-0.39, 0.29) is 19.4 Å². The van der Waals surface area contributed by atoms with Crippen LogP contribution in [0.25, 0.3) is 0 Å². The van der Waals surface area contributed by atoms with E-state index in [4.69, 9.17) is 19.1 Å². The lowest BCUT2D eigenvalue weighted by Gasteiger charge is -2.20. The van der Waals surface area contributed by atoms with Crippen LogP contribution in [-0.2, 0) is 32.7 Å². The highest BCUT2D eigenvalue weighted by atomic mass is 31.2. The van der Waals surface area contributed by atoms with Crippen molar-refractivity contribution in [3.05, 3.63) is 72.9 Å². The summed E-state index contributed by atoms with van der Waals surface area (Å²) in [4.78, 5) is 34.9. The second kappa shape index (κ2) is 39.6. The fourth-order valence-corrected chi connectivity index (χ4v) is 5.86. The zero-order chi connectivity index (χ0) is 40.5. The van der Waals surface area contributed by atoms with Crippen LogP contribution < -0.4 is 0 Å². The predicted octanol–water partition coefficient (Wildman–Crippen LogP) is 10.9. The molecule has 0 bridgehead atoms. The molecule has 11 heteroatoms. The number of phosphoric ester groups is 1. The highest BCUT2D eigenvalue weighted by Crippen LogP contribution is 2.43. The molecule has 0 radical (unpaired) electrons. The number of ether oxygens (including phenoxy) is 2. The Morgan fingerprint density at radius 1 is 0.545 bits per heavy atom. The van der Waals surface area contributed by atoms with Crippen molar-refractivity contribution in [2.75, 3.05) is 26.4 Å². The average molecular weight is 795 g/mol. The van der Waals surface area contributed by atoms with Crippen LogP contribution in [-0.4, -0.2) is 65.7 Å². The van der Waals surface area contributed by atoms with Crippen LogP contribution in [0.4, 0.5) is 0 Å². The third-order valence-corrected chi connectivity index (χ3v) is 9.27. The summed E-state index contributed by atoms with van der Waals surface area (Å²) in [5.41, 5.74) is 0. The van der Waals surface area contributed by atoms with Crippen molar-refractivity contribution in [1.82, 2.24) is 0 Å². The molecule has 0 aromatic rings. The second-order valence-electron chi connectivity index (χ2n) is 13.7. The van der Waals surface area contributed by atoms with Crippen molar-refractivity contribution in [2.45, 2.75) is 167 Å². The highest BCUT2D eigenvalue weighted by Gasteiger charge is 2.27. The number of phosphoric acid groups is 1. The van der Waals surface area contributed by atoms with Gasteiger partial charge in [0, 0.05) is 12.8 Å². The lowest BCUT2D eigenvalue weighted by molar-refractivity contribution is -0.161. The lowest BCUT2D eigenvalue weighted by atomic mass is 10.1. The van der Waals surface area contributed by atoms with Crippen LogP contribution in [0.5, 0.6) is 0 Å². The quantitative estimate of drug-likeness (QED) is 0.0239. The zero-order valence-electron chi connectivity index (χ0n) is 34.1. The van der Waals surface area contributed by atoms with Crippen molar-refractivity contribution in [2.24, 2.45) is 0 Å². The predicted molar refractivity (Wildman–Crippen MR) is 223 cm³/mol. The number of carbonyl (C=O) groups excluding carboxylic acids is 2. The van der Waals surface area contributed by atoms with Crippen LogP contribution in [0.2, 0.25) is 0 Å². The van der Waals surface area contributed by atoms with Crippen LogP contribution in [0.3, 0.4) is 0 Å². The number of aliphatic hydroxyl groups excluding tert-OH is 2. The monoisotopic (exact) mass is 795 g/mol. The molecule has 316 valence electrons. The number of allylic oxidation sites excluding steroid dienone is 12. The van der Waals surface area contributed by atoms with Crippen LogP contribution in [0.15, 0.2) is 72.9 Å². The van der Waals surface area contributed by atoms with Crippen molar-refractivity contribution < 1.29 is 47.8 Å². The number of hydrogen-bond acceptors (Lipinski definition) is 9. The molecule has 0 spiro atoms. The van der Waals surface area contributed by atoms with Gasteiger partial charge in [-0.3, -0.25) is 18.6 Å². The first-order valence-corrected chi connectivity index (χ1v) is 22.4. The number of rotatable bonds is 38. The van der Waals surface area contributed by atoms with E-state index in [1.807, 2.05) is 0 Å². The summed E-state index contributed by atoms with van der Waals surface area (Å²) in [6, 6.07) is 0. The minimum atomic E-state index is -4.64. The normalized spacial score (nSPS) is 14.6. The molecule has 0 aliphatic carbocycles.